The van der Waals surface area contributed by atoms with Gasteiger partial charge in [0, 0.05) is 13.2 Å². The number of ether oxygens (including phenoxy) is 5. The van der Waals surface area contributed by atoms with Gasteiger partial charge in [0.05, 0.1) is 59.5 Å². The molecular weight excluding hydrogens is 310 g/mol. The van der Waals surface area contributed by atoms with Crippen molar-refractivity contribution in [3.8, 4) is 0 Å². The predicted molar refractivity (Wildman–Crippen MR) is 94.3 cm³/mol. The lowest BCUT2D eigenvalue weighted by atomic mass is 9.83. The van der Waals surface area contributed by atoms with E-state index in [1.165, 1.54) is 25.7 Å². The minimum absolute atomic E-state index is 0.550. The van der Waals surface area contributed by atoms with Crippen molar-refractivity contribution in [2.45, 2.75) is 32.6 Å². The van der Waals surface area contributed by atoms with E-state index >= 15 is 0 Å². The summed E-state index contributed by atoms with van der Waals surface area (Å²) in [5, 5.41) is 0. The van der Waals surface area contributed by atoms with E-state index in [1.807, 2.05) is 0 Å². The van der Waals surface area contributed by atoms with E-state index < -0.39 is 0 Å². The quantitative estimate of drug-likeness (QED) is 0.430. The monoisotopic (exact) mass is 347 g/mol. The molecule has 6 heteroatoms. The first-order valence-corrected chi connectivity index (χ1v) is 9.41. The van der Waals surface area contributed by atoms with Crippen molar-refractivity contribution >= 4 is 0 Å². The van der Waals surface area contributed by atoms with Gasteiger partial charge in [0.2, 0.25) is 0 Å². The molecule has 1 aliphatic rings. The second-order valence-electron chi connectivity index (χ2n) is 6.44. The van der Waals surface area contributed by atoms with Gasteiger partial charge >= 0.3 is 0 Å². The molecule has 0 aromatic rings. The van der Waals surface area contributed by atoms with Gasteiger partial charge in [-0.05, 0) is 24.7 Å². The van der Waals surface area contributed by atoms with Gasteiger partial charge in [-0.25, -0.2) is 0 Å². The van der Waals surface area contributed by atoms with Gasteiger partial charge in [-0.3, -0.25) is 0 Å². The van der Waals surface area contributed by atoms with E-state index in [2.05, 4.69) is 6.92 Å². The Morgan fingerprint density at radius 1 is 0.625 bits per heavy atom. The summed E-state index contributed by atoms with van der Waals surface area (Å²) in [6.07, 6.45) is 5.34. The summed E-state index contributed by atoms with van der Waals surface area (Å²) in [6.45, 7) is 9.20. The van der Waals surface area contributed by atoms with Crippen LogP contribution in [0, 0.1) is 11.8 Å². The maximum absolute atomic E-state index is 5.70. The third-order valence-corrected chi connectivity index (χ3v) is 4.24. The predicted octanol–water partition coefficient (Wildman–Crippen LogP) is 1.85. The van der Waals surface area contributed by atoms with E-state index in [-0.39, 0.29) is 0 Å². The molecule has 2 N–H and O–H groups in total. The third kappa shape index (κ3) is 13.1. The molecule has 144 valence electrons. The molecule has 0 aromatic heterocycles. The highest BCUT2D eigenvalue weighted by Crippen LogP contribution is 2.28. The summed E-state index contributed by atoms with van der Waals surface area (Å²) >= 11 is 0. The average Bonchev–Trinajstić information content (AvgIpc) is 2.60. The molecule has 0 amide bonds. The first-order valence-electron chi connectivity index (χ1n) is 9.41. The van der Waals surface area contributed by atoms with Crippen molar-refractivity contribution in [3.63, 3.8) is 0 Å². The number of nitrogens with two attached hydrogens (primary N) is 1. The zero-order valence-corrected chi connectivity index (χ0v) is 15.4. The van der Waals surface area contributed by atoms with Crippen molar-refractivity contribution in [2.75, 3.05) is 72.6 Å². The molecule has 0 saturated heterocycles. The molecule has 0 unspecified atom stereocenters. The molecule has 0 atom stereocenters. The van der Waals surface area contributed by atoms with Crippen LogP contribution in [0.15, 0.2) is 0 Å². The summed E-state index contributed by atoms with van der Waals surface area (Å²) in [7, 11) is 0. The SMILES string of the molecule is C[C@H]1CC[C@H](COCCOCCOCCOCCOCCN)CC1. The Hall–Kier alpha value is -0.240. The second kappa shape index (κ2) is 16.2. The molecule has 6 nitrogen and oxygen atoms in total. The lowest BCUT2D eigenvalue weighted by Gasteiger charge is -2.25. The Labute approximate surface area is 147 Å². The van der Waals surface area contributed by atoms with E-state index in [4.69, 9.17) is 29.4 Å². The van der Waals surface area contributed by atoms with Gasteiger partial charge in [-0.1, -0.05) is 19.8 Å². The van der Waals surface area contributed by atoms with Gasteiger partial charge in [0.1, 0.15) is 0 Å². The fraction of sp³-hybridized carbons (Fsp3) is 1.00. The normalized spacial score (nSPS) is 21.2. The Morgan fingerprint density at radius 3 is 1.50 bits per heavy atom. The minimum Gasteiger partial charge on any atom is -0.379 e. The van der Waals surface area contributed by atoms with Crippen molar-refractivity contribution in [3.05, 3.63) is 0 Å². The summed E-state index contributed by atoms with van der Waals surface area (Å²) in [5.41, 5.74) is 5.31. The molecule has 0 aliphatic heterocycles. The van der Waals surface area contributed by atoms with Gasteiger partial charge in [-0.2, -0.15) is 0 Å². The van der Waals surface area contributed by atoms with Crippen LogP contribution in [0.3, 0.4) is 0 Å². The van der Waals surface area contributed by atoms with Gasteiger partial charge < -0.3 is 29.4 Å². The first-order chi connectivity index (χ1) is 11.8. The molecule has 24 heavy (non-hydrogen) atoms. The molecule has 0 heterocycles. The standard InChI is InChI=1S/C18H37NO5/c1-17-2-4-18(5-3-17)16-24-15-14-23-13-12-22-11-10-21-9-8-20-7-6-19/h17-18H,2-16,19H2,1H3/t17-,18-. The summed E-state index contributed by atoms with van der Waals surface area (Å²) in [6, 6.07) is 0. The van der Waals surface area contributed by atoms with E-state index in [0.717, 1.165) is 18.4 Å². The van der Waals surface area contributed by atoms with Gasteiger partial charge in [-0.15, -0.1) is 0 Å². The molecule has 0 spiro atoms. The topological polar surface area (TPSA) is 72.2 Å². The Morgan fingerprint density at radius 2 is 1.04 bits per heavy atom. The Bertz CT molecular complexity index is 260. The van der Waals surface area contributed by atoms with Gasteiger partial charge in [0.25, 0.3) is 0 Å². The number of rotatable bonds is 16. The van der Waals surface area contributed by atoms with Crippen LogP contribution < -0.4 is 5.73 Å². The van der Waals surface area contributed by atoms with E-state index in [0.29, 0.717) is 66.0 Å². The molecule has 1 aliphatic carbocycles. The van der Waals surface area contributed by atoms with Crippen molar-refractivity contribution < 1.29 is 23.7 Å². The van der Waals surface area contributed by atoms with Crippen LogP contribution in [-0.4, -0.2) is 72.6 Å². The average molecular weight is 347 g/mol. The molecule has 1 fully saturated rings. The molecule has 0 bridgehead atoms. The number of hydrogen-bond donors (Lipinski definition) is 1. The van der Waals surface area contributed by atoms with Crippen molar-refractivity contribution in [1.82, 2.24) is 0 Å². The summed E-state index contributed by atoms with van der Waals surface area (Å²) < 4.78 is 27.2. The van der Waals surface area contributed by atoms with Crippen LogP contribution in [0.25, 0.3) is 0 Å². The van der Waals surface area contributed by atoms with Crippen LogP contribution in [0.1, 0.15) is 32.6 Å². The van der Waals surface area contributed by atoms with Crippen LogP contribution in [-0.2, 0) is 23.7 Å². The van der Waals surface area contributed by atoms with Crippen LogP contribution in [0.4, 0.5) is 0 Å². The third-order valence-electron chi connectivity index (χ3n) is 4.24. The highest BCUT2D eigenvalue weighted by Gasteiger charge is 2.17. The molecule has 1 saturated carbocycles. The highest BCUT2D eigenvalue weighted by molar-refractivity contribution is 4.69. The highest BCUT2D eigenvalue weighted by atomic mass is 16.6. The van der Waals surface area contributed by atoms with Crippen molar-refractivity contribution in [1.29, 1.82) is 0 Å². The van der Waals surface area contributed by atoms with Gasteiger partial charge in [0.15, 0.2) is 0 Å². The van der Waals surface area contributed by atoms with Crippen LogP contribution in [0.2, 0.25) is 0 Å². The molecule has 0 aromatic carbocycles. The fourth-order valence-corrected chi connectivity index (χ4v) is 2.71. The lowest BCUT2D eigenvalue weighted by Crippen LogP contribution is -2.19. The fourth-order valence-electron chi connectivity index (χ4n) is 2.71. The Kier molecular flexibility index (Phi) is 14.8. The summed E-state index contributed by atoms with van der Waals surface area (Å²) in [4.78, 5) is 0. The number of hydrogen-bond acceptors (Lipinski definition) is 6. The smallest absolute Gasteiger partial charge is 0.0701 e. The van der Waals surface area contributed by atoms with Crippen LogP contribution in [0.5, 0.6) is 0 Å². The zero-order chi connectivity index (χ0) is 17.3. The maximum atomic E-state index is 5.70. The minimum atomic E-state index is 0.550. The van der Waals surface area contributed by atoms with Crippen LogP contribution >= 0.6 is 0 Å². The zero-order valence-electron chi connectivity index (χ0n) is 15.4. The van der Waals surface area contributed by atoms with E-state index in [1.54, 1.807) is 0 Å². The lowest BCUT2D eigenvalue weighted by molar-refractivity contribution is -0.0146. The largest absolute Gasteiger partial charge is 0.379 e. The molecule has 1 rings (SSSR count). The first kappa shape index (κ1) is 21.8. The maximum Gasteiger partial charge on any atom is 0.0701 e. The molecular formula is C18H37NO5. The van der Waals surface area contributed by atoms with Crippen molar-refractivity contribution in [2.24, 2.45) is 17.6 Å². The molecule has 0 radical (unpaired) electrons. The Balaban J connectivity index is 1.69. The van der Waals surface area contributed by atoms with E-state index in [9.17, 15) is 0 Å². The second-order valence-corrected chi connectivity index (χ2v) is 6.44. The summed E-state index contributed by atoms with van der Waals surface area (Å²) in [5.74, 6) is 1.66.